The van der Waals surface area contributed by atoms with Gasteiger partial charge in [-0.25, -0.2) is 0 Å². The number of para-hydroxylation sites is 1. The number of ether oxygens (including phenoxy) is 1. The van der Waals surface area contributed by atoms with Crippen LogP contribution in [0.15, 0.2) is 30.9 Å². The van der Waals surface area contributed by atoms with E-state index in [0.717, 1.165) is 68.9 Å². The summed E-state index contributed by atoms with van der Waals surface area (Å²) in [6.07, 6.45) is 7.84. The number of carbonyl (C=O) groups excluding carboxylic acids is 1. The highest BCUT2D eigenvalue weighted by molar-refractivity contribution is 5.87. The predicted octanol–water partition coefficient (Wildman–Crippen LogP) is 3.05. The Morgan fingerprint density at radius 2 is 1.91 bits per heavy atom. The molecular weight excluding hydrogens is 540 g/mol. The molecule has 0 saturated carbocycles. The summed E-state index contributed by atoms with van der Waals surface area (Å²) >= 11 is 0. The molecule has 10 heteroatoms. The Morgan fingerprint density at radius 1 is 1.05 bits per heavy atom. The quantitative estimate of drug-likeness (QED) is 0.456. The van der Waals surface area contributed by atoms with E-state index in [0.29, 0.717) is 38.3 Å². The Morgan fingerprint density at radius 3 is 2.70 bits per heavy atom. The summed E-state index contributed by atoms with van der Waals surface area (Å²) in [4.78, 5) is 33.9. The summed E-state index contributed by atoms with van der Waals surface area (Å²) < 4.78 is 6.31. The second kappa shape index (κ2) is 12.8. The molecule has 0 radical (unpaired) electrons. The molecule has 1 aromatic carbocycles. The lowest BCUT2D eigenvalue weighted by molar-refractivity contribution is -0.128. The number of nitrogens with zero attached hydrogens (tertiary/aromatic N) is 8. The number of fused-ring (bicyclic) bond motifs is 2. The molecule has 5 heterocycles. The summed E-state index contributed by atoms with van der Waals surface area (Å²) in [7, 11) is 4.36. The number of aromatic nitrogens is 2. The number of nitriles is 1. The molecule has 6 rings (SSSR count). The van der Waals surface area contributed by atoms with Crippen molar-refractivity contribution in [3.63, 3.8) is 0 Å². The number of rotatable bonds is 7. The van der Waals surface area contributed by atoms with Gasteiger partial charge >= 0.3 is 6.01 Å². The molecule has 2 fully saturated rings. The highest BCUT2D eigenvalue weighted by Crippen LogP contribution is 2.38. The van der Waals surface area contributed by atoms with E-state index in [9.17, 15) is 10.1 Å². The van der Waals surface area contributed by atoms with Crippen molar-refractivity contribution in [3.8, 4) is 12.1 Å². The molecule has 0 spiro atoms. The molecule has 0 N–H and O–H groups in total. The minimum atomic E-state index is -0.222. The van der Waals surface area contributed by atoms with Gasteiger partial charge in [-0.05, 0) is 63.4 Å². The van der Waals surface area contributed by atoms with Gasteiger partial charge in [0.2, 0.25) is 5.91 Å². The van der Waals surface area contributed by atoms with Gasteiger partial charge in [0.15, 0.2) is 0 Å². The summed E-state index contributed by atoms with van der Waals surface area (Å²) in [5.41, 5.74) is 6.29. The third-order valence-corrected chi connectivity index (χ3v) is 9.70. The minimum Gasteiger partial charge on any atom is -0.462 e. The maximum atomic E-state index is 12.6. The number of carbonyl (C=O) groups is 1. The van der Waals surface area contributed by atoms with Gasteiger partial charge in [-0.3, -0.25) is 4.79 Å². The van der Waals surface area contributed by atoms with Gasteiger partial charge in [-0.2, -0.15) is 15.2 Å². The molecule has 0 unspecified atom stereocenters. The lowest BCUT2D eigenvalue weighted by Gasteiger charge is -2.41. The van der Waals surface area contributed by atoms with Gasteiger partial charge in [-0.15, -0.1) is 0 Å². The molecule has 2 atom stereocenters. The Balaban J connectivity index is 1.30. The van der Waals surface area contributed by atoms with E-state index in [1.165, 1.54) is 35.9 Å². The molecule has 43 heavy (non-hydrogen) atoms. The van der Waals surface area contributed by atoms with E-state index < -0.39 is 0 Å². The smallest absolute Gasteiger partial charge is 0.318 e. The number of likely N-dealkylation sites (N-methyl/N-ethyl adjacent to an activating group) is 1. The third-order valence-electron chi connectivity index (χ3n) is 9.70. The van der Waals surface area contributed by atoms with E-state index in [2.05, 4.69) is 64.5 Å². The first-order valence-corrected chi connectivity index (χ1v) is 15.8. The van der Waals surface area contributed by atoms with Crippen LogP contribution in [0.3, 0.4) is 0 Å². The monoisotopic (exact) mass is 584 g/mol. The van der Waals surface area contributed by atoms with E-state index >= 15 is 0 Å². The fourth-order valence-corrected chi connectivity index (χ4v) is 7.31. The van der Waals surface area contributed by atoms with Crippen LogP contribution in [0.2, 0.25) is 0 Å². The number of aryl methyl sites for hydroxylation is 1. The zero-order valence-electron chi connectivity index (χ0n) is 25.7. The van der Waals surface area contributed by atoms with Crippen LogP contribution < -0.4 is 19.4 Å². The molecule has 228 valence electrons. The summed E-state index contributed by atoms with van der Waals surface area (Å²) in [6, 6.07) is 9.59. The molecule has 2 saturated heterocycles. The average Bonchev–Trinajstić information content (AvgIpc) is 3.31. The van der Waals surface area contributed by atoms with Gasteiger partial charge in [0.25, 0.3) is 0 Å². The number of anilines is 3. The van der Waals surface area contributed by atoms with Gasteiger partial charge in [0.05, 0.1) is 35.6 Å². The van der Waals surface area contributed by atoms with Crippen molar-refractivity contribution in [2.24, 2.45) is 0 Å². The highest BCUT2D eigenvalue weighted by Gasteiger charge is 2.33. The molecular formula is C33H44N8O2. The van der Waals surface area contributed by atoms with Crippen molar-refractivity contribution in [1.29, 1.82) is 5.26 Å². The van der Waals surface area contributed by atoms with Crippen LogP contribution in [-0.4, -0.2) is 104 Å². The van der Waals surface area contributed by atoms with E-state index in [-0.39, 0.29) is 18.4 Å². The lowest BCUT2D eigenvalue weighted by Crippen LogP contribution is -2.55. The van der Waals surface area contributed by atoms with Crippen molar-refractivity contribution in [2.75, 3.05) is 81.2 Å². The van der Waals surface area contributed by atoms with Crippen LogP contribution in [-0.2, 0) is 24.1 Å². The fourth-order valence-electron chi connectivity index (χ4n) is 7.31. The van der Waals surface area contributed by atoms with Crippen LogP contribution in [0, 0.1) is 11.3 Å². The maximum Gasteiger partial charge on any atom is 0.318 e. The second-order valence-corrected chi connectivity index (χ2v) is 12.3. The Kier molecular flexibility index (Phi) is 8.70. The molecule has 1 amide bonds. The van der Waals surface area contributed by atoms with Crippen LogP contribution in [0.4, 0.5) is 17.2 Å². The average molecular weight is 585 g/mol. The minimum absolute atomic E-state index is 0.127. The highest BCUT2D eigenvalue weighted by atomic mass is 16.5. The standard InChI is InChI=1S/C33H44N8O2/c1-4-30(42)41-21-20-40(22-25(41)12-15-34)32-27-13-18-39(29-11-5-8-24-9-6-17-38(3)31(24)29)19-14-28(27)35-33(36-32)43-23-26-10-7-16-37(26)2/h4-5,8,11,25-26H,1,6-7,9-10,12-14,16-23H2,2-3H3/t25-,26-/m0/s1. The van der Waals surface area contributed by atoms with Crippen molar-refractivity contribution in [1.82, 2.24) is 19.8 Å². The Hall–Kier alpha value is -3.84. The van der Waals surface area contributed by atoms with Crippen LogP contribution in [0.25, 0.3) is 0 Å². The second-order valence-electron chi connectivity index (χ2n) is 12.3. The van der Waals surface area contributed by atoms with E-state index in [1.807, 2.05) is 0 Å². The SMILES string of the molecule is C=CC(=O)N1CCN(c2nc(OC[C@@H]3CCCN3C)nc3c2CCN(c2cccc4c2N(C)CCC4)CC3)C[C@@H]1CC#N. The summed E-state index contributed by atoms with van der Waals surface area (Å²) in [6.45, 7) is 9.86. The van der Waals surface area contributed by atoms with E-state index in [1.54, 1.807) is 4.90 Å². The summed E-state index contributed by atoms with van der Waals surface area (Å²) in [5.74, 6) is 0.764. The number of piperazine rings is 1. The molecule has 4 aliphatic heterocycles. The molecule has 0 bridgehead atoms. The van der Waals surface area contributed by atoms with Gasteiger partial charge in [-0.1, -0.05) is 18.7 Å². The van der Waals surface area contributed by atoms with Crippen LogP contribution in [0.5, 0.6) is 6.01 Å². The Bertz CT molecular complexity index is 1390. The zero-order valence-corrected chi connectivity index (χ0v) is 25.7. The summed E-state index contributed by atoms with van der Waals surface area (Å²) in [5, 5.41) is 9.57. The first-order valence-electron chi connectivity index (χ1n) is 15.8. The zero-order chi connectivity index (χ0) is 29.9. The fraction of sp³-hybridized carbons (Fsp3) is 0.576. The first kappa shape index (κ1) is 29.2. The van der Waals surface area contributed by atoms with Crippen LogP contribution >= 0.6 is 0 Å². The molecule has 10 nitrogen and oxygen atoms in total. The Labute approximate surface area is 255 Å². The van der Waals surface area contributed by atoms with Gasteiger partial charge < -0.3 is 29.2 Å². The van der Waals surface area contributed by atoms with Crippen molar-refractivity contribution in [2.45, 2.75) is 57.0 Å². The van der Waals surface area contributed by atoms with Crippen LogP contribution in [0.1, 0.15) is 42.5 Å². The van der Waals surface area contributed by atoms with E-state index in [4.69, 9.17) is 14.7 Å². The predicted molar refractivity (Wildman–Crippen MR) is 169 cm³/mol. The number of amides is 1. The molecule has 1 aromatic heterocycles. The number of benzene rings is 1. The van der Waals surface area contributed by atoms with Crippen molar-refractivity contribution >= 4 is 23.1 Å². The topological polar surface area (TPSA) is 92.1 Å². The third kappa shape index (κ3) is 6.00. The normalized spacial score (nSPS) is 22.4. The first-order chi connectivity index (χ1) is 21.0. The number of hydrogen-bond donors (Lipinski definition) is 0. The van der Waals surface area contributed by atoms with Gasteiger partial charge in [0.1, 0.15) is 12.4 Å². The molecule has 2 aromatic rings. The number of likely N-dealkylation sites (tertiary alicyclic amines) is 1. The number of hydrogen-bond acceptors (Lipinski definition) is 9. The maximum absolute atomic E-state index is 12.6. The van der Waals surface area contributed by atoms with Crippen molar-refractivity contribution < 1.29 is 9.53 Å². The largest absolute Gasteiger partial charge is 0.462 e. The molecule has 4 aliphatic rings. The van der Waals surface area contributed by atoms with Gasteiger partial charge in [0, 0.05) is 64.3 Å². The lowest BCUT2D eigenvalue weighted by atomic mass is 10.00. The molecule has 0 aliphatic carbocycles. The van der Waals surface area contributed by atoms with Crippen molar-refractivity contribution in [3.05, 3.63) is 47.7 Å².